The van der Waals surface area contributed by atoms with Crippen molar-refractivity contribution in [2.24, 2.45) is 5.14 Å². The Morgan fingerprint density at radius 1 is 1.50 bits per heavy atom. The standard InChI is InChI=1S/C9H11NO4S2/c10-16(12,13)8-4-6(5-15-8)9(11)14-7-2-1-3-7/h4-5,7H,1-3H2,(H2,10,12,13). The lowest BCUT2D eigenvalue weighted by molar-refractivity contribution is 0.00905. The van der Waals surface area contributed by atoms with Crippen molar-refractivity contribution in [1.29, 1.82) is 0 Å². The zero-order valence-electron chi connectivity index (χ0n) is 8.38. The van der Waals surface area contributed by atoms with Crippen LogP contribution in [0.3, 0.4) is 0 Å². The highest BCUT2D eigenvalue weighted by Crippen LogP contribution is 2.25. The van der Waals surface area contributed by atoms with Crippen LogP contribution in [0.4, 0.5) is 0 Å². The molecule has 0 aliphatic heterocycles. The molecule has 7 heteroatoms. The second-order valence-electron chi connectivity index (χ2n) is 3.66. The van der Waals surface area contributed by atoms with E-state index in [1.54, 1.807) is 0 Å². The topological polar surface area (TPSA) is 86.5 Å². The van der Waals surface area contributed by atoms with E-state index < -0.39 is 16.0 Å². The van der Waals surface area contributed by atoms with E-state index in [9.17, 15) is 13.2 Å². The summed E-state index contributed by atoms with van der Waals surface area (Å²) in [6, 6.07) is 1.25. The van der Waals surface area contributed by atoms with Crippen molar-refractivity contribution in [2.75, 3.05) is 0 Å². The van der Waals surface area contributed by atoms with Crippen LogP contribution in [-0.2, 0) is 14.8 Å². The van der Waals surface area contributed by atoms with Crippen LogP contribution < -0.4 is 5.14 Å². The molecule has 0 atom stereocenters. The molecular formula is C9H11NO4S2. The maximum atomic E-state index is 11.5. The van der Waals surface area contributed by atoms with Gasteiger partial charge in [0.15, 0.2) is 0 Å². The molecule has 5 nitrogen and oxygen atoms in total. The number of carbonyl (C=O) groups excluding carboxylic acids is 1. The number of hydrogen-bond acceptors (Lipinski definition) is 5. The lowest BCUT2D eigenvalue weighted by Crippen LogP contribution is -2.24. The Morgan fingerprint density at radius 2 is 2.19 bits per heavy atom. The van der Waals surface area contributed by atoms with Gasteiger partial charge in [-0.3, -0.25) is 0 Å². The number of nitrogens with two attached hydrogens (primary N) is 1. The van der Waals surface area contributed by atoms with E-state index in [0.717, 1.165) is 30.6 Å². The van der Waals surface area contributed by atoms with Crippen LogP contribution in [0.15, 0.2) is 15.7 Å². The van der Waals surface area contributed by atoms with Gasteiger partial charge in [-0.15, -0.1) is 11.3 Å². The van der Waals surface area contributed by atoms with E-state index in [4.69, 9.17) is 9.88 Å². The van der Waals surface area contributed by atoms with Gasteiger partial charge in [0, 0.05) is 5.38 Å². The molecule has 2 N–H and O–H groups in total. The highest BCUT2D eigenvalue weighted by atomic mass is 32.2. The van der Waals surface area contributed by atoms with Gasteiger partial charge in [-0.2, -0.15) is 0 Å². The van der Waals surface area contributed by atoms with Crippen LogP contribution in [0.5, 0.6) is 0 Å². The first-order valence-electron chi connectivity index (χ1n) is 4.79. The van der Waals surface area contributed by atoms with Crippen LogP contribution in [0.2, 0.25) is 0 Å². The molecule has 1 saturated carbocycles. The minimum Gasteiger partial charge on any atom is -0.459 e. The summed E-state index contributed by atoms with van der Waals surface area (Å²) in [6.07, 6.45) is 2.84. The summed E-state index contributed by atoms with van der Waals surface area (Å²) in [5.74, 6) is -0.476. The smallest absolute Gasteiger partial charge is 0.339 e. The largest absolute Gasteiger partial charge is 0.459 e. The van der Waals surface area contributed by atoms with Gasteiger partial charge in [-0.05, 0) is 25.3 Å². The monoisotopic (exact) mass is 261 g/mol. The molecule has 1 fully saturated rings. The molecule has 1 aliphatic rings. The minimum atomic E-state index is -3.72. The first-order valence-corrected chi connectivity index (χ1v) is 7.22. The molecule has 1 aromatic rings. The number of sulfonamides is 1. The van der Waals surface area contributed by atoms with Gasteiger partial charge >= 0.3 is 5.97 Å². The summed E-state index contributed by atoms with van der Waals surface area (Å²) in [5, 5.41) is 6.38. The molecular weight excluding hydrogens is 250 g/mol. The van der Waals surface area contributed by atoms with Crippen LogP contribution in [-0.4, -0.2) is 20.5 Å². The molecule has 0 aromatic carbocycles. The van der Waals surface area contributed by atoms with Crippen molar-refractivity contribution < 1.29 is 17.9 Å². The van der Waals surface area contributed by atoms with E-state index in [2.05, 4.69) is 0 Å². The van der Waals surface area contributed by atoms with Crippen LogP contribution in [0, 0.1) is 0 Å². The third kappa shape index (κ3) is 2.42. The van der Waals surface area contributed by atoms with Gasteiger partial charge in [0.2, 0.25) is 10.0 Å². The number of ether oxygens (including phenoxy) is 1. The van der Waals surface area contributed by atoms with Crippen molar-refractivity contribution >= 4 is 27.3 Å². The first-order chi connectivity index (χ1) is 7.47. The minimum absolute atomic E-state index is 0.00895. The summed E-state index contributed by atoms with van der Waals surface area (Å²) in [5.41, 5.74) is 0.251. The van der Waals surface area contributed by atoms with Crippen molar-refractivity contribution in [2.45, 2.75) is 29.6 Å². The Morgan fingerprint density at radius 3 is 2.62 bits per heavy atom. The van der Waals surface area contributed by atoms with Crippen LogP contribution >= 0.6 is 11.3 Å². The van der Waals surface area contributed by atoms with Gasteiger partial charge in [0.1, 0.15) is 10.3 Å². The Bertz CT molecular complexity index is 501. The maximum absolute atomic E-state index is 11.5. The molecule has 1 aromatic heterocycles. The molecule has 0 spiro atoms. The number of thiophene rings is 1. The number of hydrogen-bond donors (Lipinski definition) is 1. The molecule has 0 radical (unpaired) electrons. The van der Waals surface area contributed by atoms with E-state index in [-0.39, 0.29) is 15.9 Å². The fourth-order valence-corrected chi connectivity index (χ4v) is 2.86. The van der Waals surface area contributed by atoms with Gasteiger partial charge in [0.25, 0.3) is 0 Å². The van der Waals surface area contributed by atoms with Gasteiger partial charge < -0.3 is 4.74 Å². The average molecular weight is 261 g/mol. The molecule has 0 saturated heterocycles. The highest BCUT2D eigenvalue weighted by molar-refractivity contribution is 7.91. The summed E-state index contributed by atoms with van der Waals surface area (Å²) in [6.45, 7) is 0. The lowest BCUT2D eigenvalue weighted by Gasteiger charge is -2.24. The number of primary sulfonamides is 1. The quantitative estimate of drug-likeness (QED) is 0.825. The first kappa shape index (κ1) is 11.6. The SMILES string of the molecule is NS(=O)(=O)c1cc(C(=O)OC2CCC2)cs1. The number of rotatable bonds is 3. The zero-order chi connectivity index (χ0) is 11.8. The van der Waals surface area contributed by atoms with Gasteiger partial charge in [0.05, 0.1) is 5.56 Å². The fraction of sp³-hybridized carbons (Fsp3) is 0.444. The molecule has 88 valence electrons. The van der Waals surface area contributed by atoms with E-state index >= 15 is 0 Å². The van der Waals surface area contributed by atoms with Crippen LogP contribution in [0.25, 0.3) is 0 Å². The van der Waals surface area contributed by atoms with Crippen molar-refractivity contribution in [3.63, 3.8) is 0 Å². The summed E-state index contributed by atoms with van der Waals surface area (Å²) in [7, 11) is -3.72. The number of carbonyl (C=O) groups is 1. The average Bonchev–Trinajstić information content (AvgIpc) is 2.58. The second kappa shape index (κ2) is 4.15. The van der Waals surface area contributed by atoms with Crippen LogP contribution in [0.1, 0.15) is 29.6 Å². The highest BCUT2D eigenvalue weighted by Gasteiger charge is 2.23. The molecule has 1 heterocycles. The fourth-order valence-electron chi connectivity index (χ4n) is 1.28. The van der Waals surface area contributed by atoms with Gasteiger partial charge in [-0.25, -0.2) is 18.4 Å². The Balaban J connectivity index is 2.09. The van der Waals surface area contributed by atoms with Crippen molar-refractivity contribution in [3.8, 4) is 0 Å². The van der Waals surface area contributed by atoms with Crippen molar-refractivity contribution in [3.05, 3.63) is 17.0 Å². The normalized spacial score (nSPS) is 16.8. The molecule has 0 unspecified atom stereocenters. The predicted octanol–water partition coefficient (Wildman–Crippen LogP) is 1.10. The Kier molecular flexibility index (Phi) is 3.00. The summed E-state index contributed by atoms with van der Waals surface area (Å²) < 4.78 is 27.1. The molecule has 2 rings (SSSR count). The summed E-state index contributed by atoms with van der Waals surface area (Å²) in [4.78, 5) is 11.5. The third-order valence-corrected chi connectivity index (χ3v) is 4.80. The van der Waals surface area contributed by atoms with Crippen molar-refractivity contribution in [1.82, 2.24) is 0 Å². The Hall–Kier alpha value is -0.920. The third-order valence-electron chi connectivity index (χ3n) is 2.42. The molecule has 16 heavy (non-hydrogen) atoms. The maximum Gasteiger partial charge on any atom is 0.339 e. The van der Waals surface area contributed by atoms with E-state index in [1.807, 2.05) is 0 Å². The van der Waals surface area contributed by atoms with E-state index in [1.165, 1.54) is 11.4 Å². The molecule has 0 amide bonds. The molecule has 1 aliphatic carbocycles. The van der Waals surface area contributed by atoms with Gasteiger partial charge in [-0.1, -0.05) is 0 Å². The number of esters is 1. The van der Waals surface area contributed by atoms with E-state index in [0.29, 0.717) is 0 Å². The zero-order valence-corrected chi connectivity index (χ0v) is 10.0. The molecule has 0 bridgehead atoms. The predicted molar refractivity (Wildman–Crippen MR) is 58.7 cm³/mol. The Labute approximate surface area is 97.3 Å². The second-order valence-corrected chi connectivity index (χ2v) is 6.36. The lowest BCUT2D eigenvalue weighted by atomic mass is 9.96. The summed E-state index contributed by atoms with van der Waals surface area (Å²) >= 11 is 0.924.